The number of methoxy groups -OCH3 is 1. The number of hydrogen-bond acceptors (Lipinski definition) is 4. The maximum atomic E-state index is 10.8. The van der Waals surface area contributed by atoms with Crippen LogP contribution >= 0.6 is 0 Å². The van der Waals surface area contributed by atoms with E-state index in [0.29, 0.717) is 5.75 Å². The topological polar surface area (TPSA) is 61.5 Å². The van der Waals surface area contributed by atoms with Gasteiger partial charge in [-0.2, -0.15) is 0 Å². The first-order valence-electron chi connectivity index (χ1n) is 4.45. The average molecular weight is 207 g/mol. The molecule has 0 heterocycles. The monoisotopic (exact) mass is 207 g/mol. The number of carbonyl (C=O) groups is 1. The van der Waals surface area contributed by atoms with Crippen LogP contribution in [0.1, 0.15) is 5.56 Å². The number of carbonyl (C=O) groups excluding carboxylic acids is 1. The summed E-state index contributed by atoms with van der Waals surface area (Å²) in [5.41, 5.74) is 6.11. The van der Waals surface area contributed by atoms with Gasteiger partial charge in [-0.15, -0.1) is 0 Å². The Morgan fingerprint density at radius 1 is 1.40 bits per heavy atom. The summed E-state index contributed by atoms with van der Waals surface area (Å²) < 4.78 is 9.54. The van der Waals surface area contributed by atoms with Crippen LogP contribution in [-0.2, 0) is 9.53 Å². The lowest BCUT2D eigenvalue weighted by Gasteiger charge is -2.01. The molecule has 0 radical (unpaired) electrons. The molecule has 0 aromatic heterocycles. The maximum absolute atomic E-state index is 10.8. The third kappa shape index (κ3) is 3.83. The van der Waals surface area contributed by atoms with Crippen LogP contribution in [0.2, 0.25) is 0 Å². The number of esters is 1. The molecule has 15 heavy (non-hydrogen) atoms. The Kier molecular flexibility index (Phi) is 4.37. The zero-order valence-corrected chi connectivity index (χ0v) is 8.47. The lowest BCUT2D eigenvalue weighted by atomic mass is 10.2. The standard InChI is InChI=1S/C11H13NO3/c1-14-11(13)7-4-9-2-5-10(6-3-9)15-8-12/h2-7H,8,12H2,1H3/b7-4+. The van der Waals surface area contributed by atoms with Crippen molar-refractivity contribution in [2.24, 2.45) is 5.73 Å². The third-order valence-electron chi connectivity index (χ3n) is 1.74. The van der Waals surface area contributed by atoms with Gasteiger partial charge in [-0.3, -0.25) is 5.73 Å². The first kappa shape index (κ1) is 11.3. The van der Waals surface area contributed by atoms with Crippen molar-refractivity contribution in [3.63, 3.8) is 0 Å². The van der Waals surface area contributed by atoms with E-state index in [4.69, 9.17) is 10.5 Å². The summed E-state index contributed by atoms with van der Waals surface area (Å²) in [6.45, 7) is 0.150. The molecule has 1 rings (SSSR count). The molecule has 0 bridgehead atoms. The highest BCUT2D eigenvalue weighted by atomic mass is 16.5. The van der Waals surface area contributed by atoms with Crippen LogP contribution in [-0.4, -0.2) is 19.8 Å². The highest BCUT2D eigenvalue weighted by molar-refractivity contribution is 5.86. The zero-order valence-electron chi connectivity index (χ0n) is 8.47. The van der Waals surface area contributed by atoms with Crippen molar-refractivity contribution < 1.29 is 14.3 Å². The second kappa shape index (κ2) is 5.82. The van der Waals surface area contributed by atoms with Gasteiger partial charge in [0.1, 0.15) is 12.5 Å². The summed E-state index contributed by atoms with van der Waals surface area (Å²) in [6, 6.07) is 7.21. The van der Waals surface area contributed by atoms with E-state index >= 15 is 0 Å². The summed E-state index contributed by atoms with van der Waals surface area (Å²) in [6.07, 6.45) is 3.02. The van der Waals surface area contributed by atoms with E-state index in [0.717, 1.165) is 5.56 Å². The van der Waals surface area contributed by atoms with Gasteiger partial charge < -0.3 is 9.47 Å². The molecule has 2 N–H and O–H groups in total. The molecule has 4 heteroatoms. The third-order valence-corrected chi connectivity index (χ3v) is 1.74. The number of hydrogen-bond donors (Lipinski definition) is 1. The smallest absolute Gasteiger partial charge is 0.330 e. The molecule has 0 aliphatic carbocycles. The van der Waals surface area contributed by atoms with E-state index < -0.39 is 0 Å². The van der Waals surface area contributed by atoms with E-state index in [1.165, 1.54) is 13.2 Å². The summed E-state index contributed by atoms with van der Waals surface area (Å²) >= 11 is 0. The van der Waals surface area contributed by atoms with Crippen molar-refractivity contribution in [1.82, 2.24) is 0 Å². The molecule has 0 aliphatic rings. The van der Waals surface area contributed by atoms with E-state index in [-0.39, 0.29) is 12.7 Å². The molecule has 80 valence electrons. The minimum Gasteiger partial charge on any atom is -0.479 e. The van der Waals surface area contributed by atoms with Gasteiger partial charge in [0.25, 0.3) is 0 Å². The summed E-state index contributed by atoms with van der Waals surface area (Å²) in [5, 5.41) is 0. The van der Waals surface area contributed by atoms with Gasteiger partial charge in [-0.25, -0.2) is 4.79 Å². The van der Waals surface area contributed by atoms with Crippen molar-refractivity contribution in [2.75, 3.05) is 13.8 Å². The Morgan fingerprint density at radius 2 is 2.07 bits per heavy atom. The van der Waals surface area contributed by atoms with Crippen LogP contribution in [0.4, 0.5) is 0 Å². The molecular weight excluding hydrogens is 194 g/mol. The highest BCUT2D eigenvalue weighted by Gasteiger charge is 1.93. The maximum Gasteiger partial charge on any atom is 0.330 e. The van der Waals surface area contributed by atoms with Crippen molar-refractivity contribution >= 4 is 12.0 Å². The van der Waals surface area contributed by atoms with Gasteiger partial charge in [0, 0.05) is 6.08 Å². The average Bonchev–Trinajstić information content (AvgIpc) is 2.28. The van der Waals surface area contributed by atoms with Gasteiger partial charge in [0.15, 0.2) is 0 Å². The van der Waals surface area contributed by atoms with Gasteiger partial charge in [-0.1, -0.05) is 12.1 Å². The number of nitrogens with two attached hydrogens (primary N) is 1. The Hall–Kier alpha value is -1.81. The lowest BCUT2D eigenvalue weighted by molar-refractivity contribution is -0.134. The molecule has 0 spiro atoms. The molecule has 0 saturated heterocycles. The molecule has 0 atom stereocenters. The van der Waals surface area contributed by atoms with Crippen molar-refractivity contribution in [3.8, 4) is 5.75 Å². The molecular formula is C11H13NO3. The van der Waals surface area contributed by atoms with E-state index in [9.17, 15) is 4.79 Å². The SMILES string of the molecule is COC(=O)/C=C/c1ccc(OCN)cc1. The van der Waals surface area contributed by atoms with E-state index in [1.54, 1.807) is 18.2 Å². The summed E-state index contributed by atoms with van der Waals surface area (Å²) in [5.74, 6) is 0.324. The summed E-state index contributed by atoms with van der Waals surface area (Å²) in [7, 11) is 1.34. The largest absolute Gasteiger partial charge is 0.479 e. The first-order chi connectivity index (χ1) is 7.26. The molecule has 0 fully saturated rings. The highest BCUT2D eigenvalue weighted by Crippen LogP contribution is 2.12. The van der Waals surface area contributed by atoms with Crippen LogP contribution in [0.3, 0.4) is 0 Å². The van der Waals surface area contributed by atoms with Crippen LogP contribution < -0.4 is 10.5 Å². The number of rotatable bonds is 4. The molecule has 0 unspecified atom stereocenters. The minimum atomic E-state index is -0.378. The predicted octanol–water partition coefficient (Wildman–Crippen LogP) is 1.17. The Morgan fingerprint density at radius 3 is 2.60 bits per heavy atom. The molecule has 1 aromatic carbocycles. The first-order valence-corrected chi connectivity index (χ1v) is 4.45. The van der Waals surface area contributed by atoms with Crippen molar-refractivity contribution in [2.45, 2.75) is 0 Å². The fourth-order valence-electron chi connectivity index (χ4n) is 1.00. The molecule has 0 saturated carbocycles. The van der Waals surface area contributed by atoms with Gasteiger partial charge in [-0.05, 0) is 23.8 Å². The molecule has 1 aromatic rings. The lowest BCUT2D eigenvalue weighted by Crippen LogP contribution is -2.06. The normalized spacial score (nSPS) is 10.3. The van der Waals surface area contributed by atoms with Gasteiger partial charge >= 0.3 is 5.97 Å². The predicted molar refractivity (Wildman–Crippen MR) is 57.2 cm³/mol. The fraction of sp³-hybridized carbons (Fsp3) is 0.182. The van der Waals surface area contributed by atoms with Gasteiger partial charge in [0.2, 0.25) is 0 Å². The molecule has 0 aliphatic heterocycles. The van der Waals surface area contributed by atoms with Crippen LogP contribution in [0.25, 0.3) is 6.08 Å². The quantitative estimate of drug-likeness (QED) is 0.457. The van der Waals surface area contributed by atoms with Crippen molar-refractivity contribution in [3.05, 3.63) is 35.9 Å². The van der Waals surface area contributed by atoms with Crippen LogP contribution in [0, 0.1) is 0 Å². The number of benzene rings is 1. The second-order valence-electron chi connectivity index (χ2n) is 2.74. The minimum absolute atomic E-state index is 0.150. The number of ether oxygens (including phenoxy) is 2. The summed E-state index contributed by atoms with van der Waals surface area (Å²) in [4.78, 5) is 10.8. The Balaban J connectivity index is 2.64. The molecule has 4 nitrogen and oxygen atoms in total. The van der Waals surface area contributed by atoms with E-state index in [2.05, 4.69) is 4.74 Å². The Bertz CT molecular complexity index is 343. The second-order valence-corrected chi connectivity index (χ2v) is 2.74. The fourth-order valence-corrected chi connectivity index (χ4v) is 1.00. The Labute approximate surface area is 88.3 Å². The van der Waals surface area contributed by atoms with Crippen LogP contribution in [0.5, 0.6) is 5.75 Å². The van der Waals surface area contributed by atoms with E-state index in [1.807, 2.05) is 12.1 Å². The zero-order chi connectivity index (χ0) is 11.1. The van der Waals surface area contributed by atoms with Crippen molar-refractivity contribution in [1.29, 1.82) is 0 Å². The molecule has 0 amide bonds. The van der Waals surface area contributed by atoms with Crippen LogP contribution in [0.15, 0.2) is 30.3 Å². The van der Waals surface area contributed by atoms with Gasteiger partial charge in [0.05, 0.1) is 7.11 Å².